The summed E-state index contributed by atoms with van der Waals surface area (Å²) >= 11 is 0. The van der Waals surface area contributed by atoms with Crippen LogP contribution in [0.3, 0.4) is 0 Å². The Bertz CT molecular complexity index is 258. The van der Waals surface area contributed by atoms with Gasteiger partial charge in [-0.05, 0) is 19.5 Å². The summed E-state index contributed by atoms with van der Waals surface area (Å²) in [5.41, 5.74) is 0.508. The Hall–Kier alpha value is -1.36. The molecule has 5 nitrogen and oxygen atoms in total. The summed E-state index contributed by atoms with van der Waals surface area (Å²) in [6, 6.07) is 0. The van der Waals surface area contributed by atoms with E-state index in [4.69, 9.17) is 0 Å². The summed E-state index contributed by atoms with van der Waals surface area (Å²) in [5, 5.41) is 5.98. The molecule has 0 aliphatic heterocycles. The topological polar surface area (TPSA) is 69.8 Å². The van der Waals surface area contributed by atoms with E-state index < -0.39 is 0 Å². The number of nitrogens with zero attached hydrogens (tertiary/aromatic N) is 1. The quantitative estimate of drug-likeness (QED) is 0.567. The molecule has 0 aromatic carbocycles. The number of aromatic amines is 1. The molecule has 5 heteroatoms. The molecule has 0 atom stereocenters. The van der Waals surface area contributed by atoms with Gasteiger partial charge in [0.15, 0.2) is 0 Å². The van der Waals surface area contributed by atoms with Crippen LogP contribution < -0.4 is 10.6 Å². The first-order chi connectivity index (χ1) is 6.84. The van der Waals surface area contributed by atoms with Crippen LogP contribution >= 0.6 is 0 Å². The normalized spacial score (nSPS) is 10.1. The number of amides is 1. The van der Waals surface area contributed by atoms with E-state index in [2.05, 4.69) is 27.5 Å². The van der Waals surface area contributed by atoms with Crippen LogP contribution in [0.25, 0.3) is 0 Å². The third kappa shape index (κ3) is 3.57. The number of carbonyl (C=O) groups is 1. The minimum absolute atomic E-state index is 0.0981. The molecule has 1 aromatic heterocycles. The Morgan fingerprint density at radius 2 is 2.43 bits per heavy atom. The molecule has 1 heterocycles. The molecule has 1 rings (SSSR count). The maximum absolute atomic E-state index is 11.3. The van der Waals surface area contributed by atoms with Crippen LogP contribution in [-0.2, 0) is 0 Å². The Labute approximate surface area is 83.3 Å². The molecule has 0 saturated heterocycles. The van der Waals surface area contributed by atoms with Gasteiger partial charge in [-0.2, -0.15) is 0 Å². The first-order valence-electron chi connectivity index (χ1n) is 4.82. The van der Waals surface area contributed by atoms with Crippen molar-refractivity contribution in [3.05, 3.63) is 18.2 Å². The summed E-state index contributed by atoms with van der Waals surface area (Å²) in [6.07, 6.45) is 3.95. The highest BCUT2D eigenvalue weighted by Crippen LogP contribution is 1.89. The van der Waals surface area contributed by atoms with Gasteiger partial charge in [0.05, 0.1) is 12.5 Å². The molecule has 0 aliphatic rings. The second-order valence-corrected chi connectivity index (χ2v) is 2.93. The van der Waals surface area contributed by atoms with Crippen molar-refractivity contribution in [2.45, 2.75) is 13.3 Å². The predicted octanol–water partition coefficient (Wildman–Crippen LogP) is 0.139. The minimum atomic E-state index is -0.0981. The molecule has 0 unspecified atom stereocenters. The SMILES string of the molecule is CCNCCCNC(=O)c1cnc[nH]1. The zero-order chi connectivity index (χ0) is 10.2. The molecule has 0 aliphatic carbocycles. The maximum atomic E-state index is 11.3. The summed E-state index contributed by atoms with van der Waals surface area (Å²) in [6.45, 7) is 4.64. The molecule has 14 heavy (non-hydrogen) atoms. The molecule has 3 N–H and O–H groups in total. The van der Waals surface area contributed by atoms with Crippen molar-refractivity contribution in [3.8, 4) is 0 Å². The molecule has 1 aromatic rings. The van der Waals surface area contributed by atoms with Gasteiger partial charge in [0.2, 0.25) is 0 Å². The molecule has 0 radical (unpaired) electrons. The van der Waals surface area contributed by atoms with Crippen molar-refractivity contribution in [2.75, 3.05) is 19.6 Å². The van der Waals surface area contributed by atoms with Crippen LogP contribution in [0.15, 0.2) is 12.5 Å². The van der Waals surface area contributed by atoms with E-state index in [0.29, 0.717) is 12.2 Å². The average Bonchev–Trinajstić information content (AvgIpc) is 2.70. The van der Waals surface area contributed by atoms with Crippen molar-refractivity contribution < 1.29 is 4.79 Å². The molecule has 0 bridgehead atoms. The van der Waals surface area contributed by atoms with Crippen molar-refractivity contribution in [3.63, 3.8) is 0 Å². The minimum Gasteiger partial charge on any atom is -0.351 e. The smallest absolute Gasteiger partial charge is 0.269 e. The van der Waals surface area contributed by atoms with E-state index in [0.717, 1.165) is 19.5 Å². The van der Waals surface area contributed by atoms with Gasteiger partial charge < -0.3 is 15.6 Å². The van der Waals surface area contributed by atoms with Crippen LogP contribution in [0, 0.1) is 0 Å². The van der Waals surface area contributed by atoms with Crippen molar-refractivity contribution in [2.24, 2.45) is 0 Å². The second-order valence-electron chi connectivity index (χ2n) is 2.93. The molecule has 0 fully saturated rings. The highest BCUT2D eigenvalue weighted by molar-refractivity contribution is 5.91. The maximum Gasteiger partial charge on any atom is 0.269 e. The van der Waals surface area contributed by atoms with Gasteiger partial charge in [-0.25, -0.2) is 4.98 Å². The number of nitrogens with one attached hydrogen (secondary N) is 3. The van der Waals surface area contributed by atoms with Gasteiger partial charge in [-0.15, -0.1) is 0 Å². The van der Waals surface area contributed by atoms with Gasteiger partial charge in [-0.1, -0.05) is 6.92 Å². The number of hydrogen-bond acceptors (Lipinski definition) is 3. The number of hydrogen-bond donors (Lipinski definition) is 3. The molecule has 0 spiro atoms. The number of H-pyrrole nitrogens is 1. The lowest BCUT2D eigenvalue weighted by atomic mass is 10.4. The lowest BCUT2D eigenvalue weighted by Gasteiger charge is -2.03. The van der Waals surface area contributed by atoms with Gasteiger partial charge in [0, 0.05) is 6.54 Å². The van der Waals surface area contributed by atoms with E-state index in [9.17, 15) is 4.79 Å². The number of aromatic nitrogens is 2. The fraction of sp³-hybridized carbons (Fsp3) is 0.556. The van der Waals surface area contributed by atoms with E-state index in [1.165, 1.54) is 12.5 Å². The van der Waals surface area contributed by atoms with E-state index in [-0.39, 0.29) is 5.91 Å². The number of rotatable bonds is 6. The van der Waals surface area contributed by atoms with Crippen LogP contribution in [0.4, 0.5) is 0 Å². The van der Waals surface area contributed by atoms with E-state index >= 15 is 0 Å². The van der Waals surface area contributed by atoms with Crippen molar-refractivity contribution in [1.82, 2.24) is 20.6 Å². The highest BCUT2D eigenvalue weighted by Gasteiger charge is 2.04. The first-order valence-corrected chi connectivity index (χ1v) is 4.82. The summed E-state index contributed by atoms with van der Waals surface area (Å²) in [7, 11) is 0. The van der Waals surface area contributed by atoms with Crippen LogP contribution in [-0.4, -0.2) is 35.5 Å². The molecular weight excluding hydrogens is 180 g/mol. The fourth-order valence-electron chi connectivity index (χ4n) is 1.07. The summed E-state index contributed by atoms with van der Waals surface area (Å²) in [5.74, 6) is -0.0981. The Morgan fingerprint density at radius 3 is 3.07 bits per heavy atom. The Balaban J connectivity index is 2.10. The molecule has 1 amide bonds. The average molecular weight is 196 g/mol. The predicted molar refractivity (Wildman–Crippen MR) is 54.1 cm³/mol. The number of imidazole rings is 1. The zero-order valence-electron chi connectivity index (χ0n) is 8.34. The van der Waals surface area contributed by atoms with E-state index in [1.807, 2.05) is 0 Å². The third-order valence-corrected chi connectivity index (χ3v) is 1.81. The monoisotopic (exact) mass is 196 g/mol. The van der Waals surface area contributed by atoms with Crippen molar-refractivity contribution in [1.29, 1.82) is 0 Å². The van der Waals surface area contributed by atoms with Gasteiger partial charge >= 0.3 is 0 Å². The second kappa shape index (κ2) is 6.15. The molecule has 78 valence electrons. The van der Waals surface area contributed by atoms with Crippen LogP contribution in [0.2, 0.25) is 0 Å². The first kappa shape index (κ1) is 10.7. The van der Waals surface area contributed by atoms with Gasteiger partial charge in [-0.3, -0.25) is 4.79 Å². The summed E-state index contributed by atoms with van der Waals surface area (Å²) < 4.78 is 0. The van der Waals surface area contributed by atoms with Gasteiger partial charge in [0.25, 0.3) is 5.91 Å². The molecular formula is C9H16N4O. The lowest BCUT2D eigenvalue weighted by Crippen LogP contribution is -2.27. The fourth-order valence-corrected chi connectivity index (χ4v) is 1.07. The standard InChI is InChI=1S/C9H16N4O/c1-2-10-4-3-5-12-9(14)8-6-11-7-13-8/h6-7,10H,2-5H2,1H3,(H,11,13)(H,12,14). The third-order valence-electron chi connectivity index (χ3n) is 1.81. The Morgan fingerprint density at radius 1 is 1.57 bits per heavy atom. The van der Waals surface area contributed by atoms with Gasteiger partial charge in [0.1, 0.15) is 5.69 Å². The Kier molecular flexibility index (Phi) is 4.71. The number of carbonyl (C=O) groups excluding carboxylic acids is 1. The largest absolute Gasteiger partial charge is 0.351 e. The van der Waals surface area contributed by atoms with Crippen molar-refractivity contribution >= 4 is 5.91 Å². The highest BCUT2D eigenvalue weighted by atomic mass is 16.1. The van der Waals surface area contributed by atoms with Crippen LogP contribution in [0.1, 0.15) is 23.8 Å². The molecule has 0 saturated carbocycles. The van der Waals surface area contributed by atoms with E-state index in [1.54, 1.807) is 0 Å². The summed E-state index contributed by atoms with van der Waals surface area (Å²) in [4.78, 5) is 17.9. The van der Waals surface area contributed by atoms with Crippen LogP contribution in [0.5, 0.6) is 0 Å². The lowest BCUT2D eigenvalue weighted by molar-refractivity contribution is 0.0949. The zero-order valence-corrected chi connectivity index (χ0v) is 8.34.